The second-order valence-electron chi connectivity index (χ2n) is 11.2. The minimum Gasteiger partial charge on any atom is -0.497 e. The van der Waals surface area contributed by atoms with Crippen LogP contribution in [0.1, 0.15) is 48.5 Å². The Morgan fingerprint density at radius 3 is 1.86 bits per heavy atom. The predicted molar refractivity (Wildman–Crippen MR) is 171 cm³/mol. The summed E-state index contributed by atoms with van der Waals surface area (Å²) in [4.78, 5) is 27.1. The molecule has 0 atom stereocenters. The van der Waals surface area contributed by atoms with Gasteiger partial charge >= 0.3 is 5.97 Å². The van der Waals surface area contributed by atoms with Crippen molar-refractivity contribution in [1.82, 2.24) is 19.5 Å². The van der Waals surface area contributed by atoms with Crippen LogP contribution in [0.5, 0.6) is 11.5 Å². The fourth-order valence-corrected chi connectivity index (χ4v) is 6.24. The Balaban J connectivity index is 1.41. The van der Waals surface area contributed by atoms with Crippen molar-refractivity contribution in [1.29, 1.82) is 0 Å². The van der Waals surface area contributed by atoms with Crippen LogP contribution in [0.15, 0.2) is 84.9 Å². The average Bonchev–Trinajstić information content (AvgIpc) is 3.47. The number of aromatic nitrogens is 4. The molecule has 0 bridgehead atoms. The van der Waals surface area contributed by atoms with Crippen LogP contribution < -0.4 is 9.47 Å². The molecule has 44 heavy (non-hydrogen) atoms. The van der Waals surface area contributed by atoms with Gasteiger partial charge in [0.15, 0.2) is 0 Å². The van der Waals surface area contributed by atoms with Crippen LogP contribution in [0, 0.1) is 0 Å². The van der Waals surface area contributed by atoms with Gasteiger partial charge in [0.1, 0.15) is 17.3 Å². The molecule has 4 aromatic carbocycles. The molecule has 7 rings (SSSR count). The average molecular weight is 585 g/mol. The van der Waals surface area contributed by atoms with Gasteiger partial charge in [-0.05, 0) is 97.8 Å². The molecule has 6 aromatic rings. The fourth-order valence-electron chi connectivity index (χ4n) is 6.24. The SMILES string of the molecule is COc1ccc(-c2nc3ccc(-c4nc5cc(C(=O)O)ccc5n4C4CCCCC4)cc3nc2-c2ccc(OC)cc2)cc1. The molecular formula is C36H32N4O4. The van der Waals surface area contributed by atoms with Crippen molar-refractivity contribution in [3.05, 3.63) is 90.5 Å². The summed E-state index contributed by atoms with van der Waals surface area (Å²) in [5.74, 6) is 1.40. The molecule has 0 aliphatic heterocycles. The van der Waals surface area contributed by atoms with Gasteiger partial charge in [0.25, 0.3) is 0 Å². The molecule has 1 aliphatic carbocycles. The van der Waals surface area contributed by atoms with E-state index in [4.69, 9.17) is 24.4 Å². The summed E-state index contributed by atoms with van der Waals surface area (Å²) in [6.07, 6.45) is 5.70. The zero-order chi connectivity index (χ0) is 30.2. The number of nitrogens with zero attached hydrogens (tertiary/aromatic N) is 4. The van der Waals surface area contributed by atoms with Gasteiger partial charge in [-0.25, -0.2) is 19.7 Å². The molecule has 0 unspecified atom stereocenters. The van der Waals surface area contributed by atoms with Gasteiger partial charge in [-0.15, -0.1) is 0 Å². The first-order chi connectivity index (χ1) is 21.5. The van der Waals surface area contributed by atoms with Crippen molar-refractivity contribution < 1.29 is 19.4 Å². The van der Waals surface area contributed by atoms with E-state index in [9.17, 15) is 9.90 Å². The molecule has 1 fully saturated rings. The molecule has 0 saturated heterocycles. The van der Waals surface area contributed by atoms with Gasteiger partial charge in [0.05, 0.1) is 53.2 Å². The van der Waals surface area contributed by atoms with Gasteiger partial charge in [0.2, 0.25) is 0 Å². The number of benzene rings is 4. The molecule has 2 heterocycles. The molecule has 0 spiro atoms. The summed E-state index contributed by atoms with van der Waals surface area (Å²) in [5.41, 5.74) is 7.70. The minimum atomic E-state index is -0.958. The second kappa shape index (κ2) is 11.4. The van der Waals surface area contributed by atoms with Gasteiger partial charge in [0, 0.05) is 22.7 Å². The Labute approximate surface area is 255 Å². The van der Waals surface area contributed by atoms with Crippen LogP contribution in [0.25, 0.3) is 56.0 Å². The first-order valence-corrected chi connectivity index (χ1v) is 14.9. The van der Waals surface area contributed by atoms with E-state index < -0.39 is 5.97 Å². The summed E-state index contributed by atoms with van der Waals surface area (Å²) >= 11 is 0. The van der Waals surface area contributed by atoms with E-state index >= 15 is 0 Å². The summed E-state index contributed by atoms with van der Waals surface area (Å²) in [7, 11) is 3.30. The Morgan fingerprint density at radius 2 is 1.27 bits per heavy atom. The maximum absolute atomic E-state index is 11.7. The molecule has 1 N–H and O–H groups in total. The van der Waals surface area contributed by atoms with Crippen LogP contribution >= 0.6 is 0 Å². The number of ether oxygens (including phenoxy) is 2. The van der Waals surface area contributed by atoms with E-state index in [-0.39, 0.29) is 5.56 Å². The number of fused-ring (bicyclic) bond motifs is 2. The van der Waals surface area contributed by atoms with Crippen molar-refractivity contribution in [2.75, 3.05) is 14.2 Å². The standard InChI is InChI=1S/C36H32N4O4/c1-43-27-14-8-22(9-15-27)33-34(23-10-16-28(44-2)17-11-23)38-30-20-24(12-18-29(30)37-33)35-39-31-21-25(36(41)42)13-19-32(31)40(35)26-6-4-3-5-7-26/h8-21,26H,3-7H2,1-2H3,(H,41,42). The van der Waals surface area contributed by atoms with Crippen molar-refractivity contribution in [3.8, 4) is 45.4 Å². The van der Waals surface area contributed by atoms with E-state index in [0.29, 0.717) is 11.6 Å². The maximum Gasteiger partial charge on any atom is 0.335 e. The van der Waals surface area contributed by atoms with Crippen molar-refractivity contribution >= 4 is 28.0 Å². The number of aromatic carboxylic acids is 1. The normalized spacial score (nSPS) is 13.8. The molecule has 1 saturated carbocycles. The lowest BCUT2D eigenvalue weighted by molar-refractivity contribution is 0.0697. The van der Waals surface area contributed by atoms with Crippen molar-refractivity contribution in [2.45, 2.75) is 38.1 Å². The lowest BCUT2D eigenvalue weighted by Gasteiger charge is -2.25. The summed E-state index contributed by atoms with van der Waals surface area (Å²) < 4.78 is 13.1. The lowest BCUT2D eigenvalue weighted by Crippen LogP contribution is -2.14. The van der Waals surface area contributed by atoms with Crippen molar-refractivity contribution in [3.63, 3.8) is 0 Å². The first-order valence-electron chi connectivity index (χ1n) is 14.9. The largest absolute Gasteiger partial charge is 0.497 e. The number of hydrogen-bond acceptors (Lipinski definition) is 6. The quantitative estimate of drug-likeness (QED) is 0.202. The summed E-state index contributed by atoms with van der Waals surface area (Å²) in [6.45, 7) is 0. The Kier molecular flexibility index (Phi) is 7.18. The fraction of sp³-hybridized carbons (Fsp3) is 0.222. The van der Waals surface area contributed by atoms with Crippen LogP contribution in [-0.4, -0.2) is 44.8 Å². The topological polar surface area (TPSA) is 99.4 Å². The predicted octanol–water partition coefficient (Wildman–Crippen LogP) is 8.20. The summed E-state index contributed by atoms with van der Waals surface area (Å²) in [6, 6.07) is 27.3. The highest BCUT2D eigenvalue weighted by atomic mass is 16.5. The molecule has 220 valence electrons. The summed E-state index contributed by atoms with van der Waals surface area (Å²) in [5, 5.41) is 9.62. The van der Waals surface area contributed by atoms with E-state index in [2.05, 4.69) is 4.57 Å². The zero-order valence-electron chi connectivity index (χ0n) is 24.7. The second-order valence-corrected chi connectivity index (χ2v) is 11.2. The monoisotopic (exact) mass is 584 g/mol. The van der Waals surface area contributed by atoms with E-state index in [0.717, 1.165) is 74.8 Å². The third-order valence-electron chi connectivity index (χ3n) is 8.53. The van der Waals surface area contributed by atoms with E-state index in [1.54, 1.807) is 26.4 Å². The lowest BCUT2D eigenvalue weighted by atomic mass is 9.94. The maximum atomic E-state index is 11.7. The number of carbonyl (C=O) groups is 1. The molecule has 8 nitrogen and oxygen atoms in total. The highest BCUT2D eigenvalue weighted by Gasteiger charge is 2.24. The van der Waals surface area contributed by atoms with Crippen LogP contribution in [0.2, 0.25) is 0 Å². The Hall–Kier alpha value is -5.24. The third kappa shape index (κ3) is 5.02. The van der Waals surface area contributed by atoms with Crippen LogP contribution in [0.3, 0.4) is 0 Å². The Bertz CT molecular complexity index is 1990. The van der Waals surface area contributed by atoms with Gasteiger partial charge < -0.3 is 19.1 Å². The van der Waals surface area contributed by atoms with E-state index in [1.165, 1.54) is 19.3 Å². The first kappa shape index (κ1) is 27.6. The molecule has 2 aromatic heterocycles. The highest BCUT2D eigenvalue weighted by Crippen LogP contribution is 2.38. The molecule has 1 aliphatic rings. The number of rotatable bonds is 7. The van der Waals surface area contributed by atoms with Gasteiger partial charge in [-0.1, -0.05) is 19.3 Å². The molecular weight excluding hydrogens is 552 g/mol. The number of imidazole rings is 1. The third-order valence-corrected chi connectivity index (χ3v) is 8.53. The molecule has 8 heteroatoms. The zero-order valence-corrected chi connectivity index (χ0v) is 24.7. The Morgan fingerprint density at radius 1 is 0.682 bits per heavy atom. The smallest absolute Gasteiger partial charge is 0.335 e. The molecule has 0 amide bonds. The minimum absolute atomic E-state index is 0.233. The number of hydrogen-bond donors (Lipinski definition) is 1. The number of methoxy groups -OCH3 is 2. The number of carboxylic acids is 1. The van der Waals surface area contributed by atoms with Gasteiger partial charge in [-0.2, -0.15) is 0 Å². The number of carboxylic acid groups (broad SMARTS) is 1. The van der Waals surface area contributed by atoms with Gasteiger partial charge in [-0.3, -0.25) is 0 Å². The van der Waals surface area contributed by atoms with Crippen LogP contribution in [-0.2, 0) is 0 Å². The van der Waals surface area contributed by atoms with E-state index in [1.807, 2.05) is 72.8 Å². The van der Waals surface area contributed by atoms with Crippen molar-refractivity contribution in [2.24, 2.45) is 0 Å². The molecule has 0 radical (unpaired) electrons. The highest BCUT2D eigenvalue weighted by molar-refractivity contribution is 5.94. The van der Waals surface area contributed by atoms with Crippen LogP contribution in [0.4, 0.5) is 0 Å².